The molecule has 3 nitrogen and oxygen atoms in total. The van der Waals surface area contributed by atoms with Crippen molar-refractivity contribution < 1.29 is 0 Å². The molecule has 1 aliphatic rings. The van der Waals surface area contributed by atoms with Crippen LogP contribution in [0.25, 0.3) is 0 Å². The molecule has 1 aliphatic heterocycles. The van der Waals surface area contributed by atoms with Gasteiger partial charge in [-0.25, -0.2) is 0 Å². The Morgan fingerprint density at radius 3 is 2.53 bits per heavy atom. The van der Waals surface area contributed by atoms with Crippen molar-refractivity contribution in [3.05, 3.63) is 29.8 Å². The Labute approximate surface area is 116 Å². The van der Waals surface area contributed by atoms with Crippen LogP contribution in [0.15, 0.2) is 24.3 Å². The van der Waals surface area contributed by atoms with Crippen molar-refractivity contribution in [2.75, 3.05) is 5.73 Å². The number of hydrogen-bond donors (Lipinski definition) is 3. The predicted octanol–water partition coefficient (Wildman–Crippen LogP) is 3.54. The van der Waals surface area contributed by atoms with Gasteiger partial charge >= 0.3 is 0 Å². The van der Waals surface area contributed by atoms with Crippen molar-refractivity contribution in [1.82, 2.24) is 10.9 Å². The molecule has 19 heavy (non-hydrogen) atoms. The Bertz CT molecular complexity index is 361. The van der Waals surface area contributed by atoms with Gasteiger partial charge in [-0.1, -0.05) is 51.2 Å². The summed E-state index contributed by atoms with van der Waals surface area (Å²) >= 11 is 0. The first-order valence-corrected chi connectivity index (χ1v) is 7.66. The number of anilines is 1. The van der Waals surface area contributed by atoms with Crippen LogP contribution >= 0.6 is 0 Å². The molecule has 0 bridgehead atoms. The van der Waals surface area contributed by atoms with Gasteiger partial charge in [-0.2, -0.15) is 0 Å². The summed E-state index contributed by atoms with van der Waals surface area (Å²) in [6.45, 7) is 2.26. The molecule has 2 unspecified atom stereocenters. The van der Waals surface area contributed by atoms with Gasteiger partial charge in [0, 0.05) is 17.8 Å². The van der Waals surface area contributed by atoms with E-state index in [1.165, 1.54) is 50.5 Å². The number of nitrogens with one attached hydrogen (secondary N) is 2. The molecule has 2 rings (SSSR count). The number of hydrogen-bond acceptors (Lipinski definition) is 3. The lowest BCUT2D eigenvalue weighted by Crippen LogP contribution is -2.30. The van der Waals surface area contributed by atoms with E-state index in [0.29, 0.717) is 12.1 Å². The number of hydrazine groups is 1. The van der Waals surface area contributed by atoms with Crippen molar-refractivity contribution >= 4 is 5.69 Å². The third-order valence-corrected chi connectivity index (χ3v) is 3.98. The maximum Gasteiger partial charge on any atom is 0.0477 e. The summed E-state index contributed by atoms with van der Waals surface area (Å²) in [4.78, 5) is 0. The Balaban J connectivity index is 1.69. The number of unbranched alkanes of at least 4 members (excludes halogenated alkanes) is 4. The average Bonchev–Trinajstić information content (AvgIpc) is 2.88. The summed E-state index contributed by atoms with van der Waals surface area (Å²) in [6, 6.07) is 9.26. The van der Waals surface area contributed by atoms with Crippen LogP contribution in [0.4, 0.5) is 5.69 Å². The van der Waals surface area contributed by atoms with E-state index in [1.807, 2.05) is 12.1 Å². The molecule has 0 aliphatic carbocycles. The van der Waals surface area contributed by atoms with Gasteiger partial charge in [0.1, 0.15) is 0 Å². The van der Waals surface area contributed by atoms with Gasteiger partial charge in [0.25, 0.3) is 0 Å². The van der Waals surface area contributed by atoms with Crippen molar-refractivity contribution in [3.8, 4) is 0 Å². The minimum absolute atomic E-state index is 0.432. The van der Waals surface area contributed by atoms with Gasteiger partial charge in [-0.15, -0.1) is 0 Å². The lowest BCUT2D eigenvalue weighted by atomic mass is 9.98. The first-order chi connectivity index (χ1) is 9.29. The molecule has 106 valence electrons. The van der Waals surface area contributed by atoms with Crippen LogP contribution in [0, 0.1) is 0 Å². The topological polar surface area (TPSA) is 50.1 Å². The fourth-order valence-corrected chi connectivity index (χ4v) is 2.75. The van der Waals surface area contributed by atoms with Crippen molar-refractivity contribution in [2.24, 2.45) is 0 Å². The first-order valence-electron chi connectivity index (χ1n) is 7.66. The third kappa shape index (κ3) is 4.51. The summed E-state index contributed by atoms with van der Waals surface area (Å²) in [7, 11) is 0. The quantitative estimate of drug-likeness (QED) is 0.520. The second kappa shape index (κ2) is 7.51. The van der Waals surface area contributed by atoms with Crippen LogP contribution in [0.3, 0.4) is 0 Å². The molecular formula is C16H27N3. The molecule has 2 atom stereocenters. The fraction of sp³-hybridized carbons (Fsp3) is 0.625. The highest BCUT2D eigenvalue weighted by atomic mass is 15.4. The number of benzene rings is 1. The van der Waals surface area contributed by atoms with Crippen LogP contribution in [-0.2, 0) is 0 Å². The van der Waals surface area contributed by atoms with E-state index in [1.54, 1.807) is 0 Å². The number of nitrogen functional groups attached to an aromatic ring is 1. The SMILES string of the molecule is CCCCCCCC1CC(c2ccc(N)cc2)NN1. The summed E-state index contributed by atoms with van der Waals surface area (Å²) < 4.78 is 0. The van der Waals surface area contributed by atoms with Gasteiger partial charge in [0.15, 0.2) is 0 Å². The monoisotopic (exact) mass is 261 g/mol. The zero-order valence-electron chi connectivity index (χ0n) is 12.0. The van der Waals surface area contributed by atoms with E-state index in [2.05, 4.69) is 29.9 Å². The second-order valence-corrected chi connectivity index (χ2v) is 5.64. The summed E-state index contributed by atoms with van der Waals surface area (Å²) in [5.74, 6) is 0. The van der Waals surface area contributed by atoms with Crippen molar-refractivity contribution in [1.29, 1.82) is 0 Å². The molecule has 0 amide bonds. The molecule has 4 N–H and O–H groups in total. The van der Waals surface area contributed by atoms with Crippen molar-refractivity contribution in [3.63, 3.8) is 0 Å². The Morgan fingerprint density at radius 2 is 1.79 bits per heavy atom. The van der Waals surface area contributed by atoms with Gasteiger partial charge in [0.05, 0.1) is 0 Å². The van der Waals surface area contributed by atoms with Crippen molar-refractivity contribution in [2.45, 2.75) is 64.0 Å². The molecule has 1 aromatic carbocycles. The molecule has 1 saturated heterocycles. The lowest BCUT2D eigenvalue weighted by Gasteiger charge is -2.10. The van der Waals surface area contributed by atoms with Crippen LogP contribution < -0.4 is 16.6 Å². The van der Waals surface area contributed by atoms with E-state index in [-0.39, 0.29) is 0 Å². The van der Waals surface area contributed by atoms with Gasteiger partial charge in [-0.05, 0) is 30.5 Å². The zero-order valence-corrected chi connectivity index (χ0v) is 12.0. The summed E-state index contributed by atoms with van der Waals surface area (Å²) in [5.41, 5.74) is 14.7. The predicted molar refractivity (Wildman–Crippen MR) is 81.6 cm³/mol. The van der Waals surface area contributed by atoms with Gasteiger partial charge in [-0.3, -0.25) is 10.9 Å². The minimum Gasteiger partial charge on any atom is -0.399 e. The summed E-state index contributed by atoms with van der Waals surface area (Å²) in [5, 5.41) is 0. The number of nitrogens with two attached hydrogens (primary N) is 1. The molecule has 1 aromatic rings. The van der Waals surface area contributed by atoms with E-state index >= 15 is 0 Å². The zero-order chi connectivity index (χ0) is 13.5. The molecule has 0 radical (unpaired) electrons. The molecule has 0 aromatic heterocycles. The average molecular weight is 261 g/mol. The van der Waals surface area contributed by atoms with Crippen LogP contribution in [0.2, 0.25) is 0 Å². The normalized spacial score (nSPS) is 22.8. The standard InChI is InChI=1S/C16H27N3/c1-2-3-4-5-6-7-15-12-16(19-18-15)13-8-10-14(17)11-9-13/h8-11,15-16,18-19H,2-7,12,17H2,1H3. The van der Waals surface area contributed by atoms with Crippen LogP contribution in [0.1, 0.15) is 63.5 Å². The maximum atomic E-state index is 5.72. The molecular weight excluding hydrogens is 234 g/mol. The van der Waals surface area contributed by atoms with Crippen LogP contribution in [-0.4, -0.2) is 6.04 Å². The summed E-state index contributed by atoms with van der Waals surface area (Å²) in [6.07, 6.45) is 9.26. The van der Waals surface area contributed by atoms with E-state index in [0.717, 1.165) is 5.69 Å². The highest BCUT2D eigenvalue weighted by molar-refractivity contribution is 5.40. The highest BCUT2D eigenvalue weighted by Gasteiger charge is 2.24. The lowest BCUT2D eigenvalue weighted by molar-refractivity contribution is 0.484. The Hall–Kier alpha value is -1.06. The van der Waals surface area contributed by atoms with E-state index in [9.17, 15) is 0 Å². The first kappa shape index (κ1) is 14.4. The van der Waals surface area contributed by atoms with E-state index < -0.39 is 0 Å². The molecule has 3 heteroatoms. The third-order valence-electron chi connectivity index (χ3n) is 3.98. The molecule has 0 saturated carbocycles. The molecule has 1 fully saturated rings. The second-order valence-electron chi connectivity index (χ2n) is 5.64. The molecule has 0 spiro atoms. The largest absolute Gasteiger partial charge is 0.399 e. The number of rotatable bonds is 7. The highest BCUT2D eigenvalue weighted by Crippen LogP contribution is 2.25. The van der Waals surface area contributed by atoms with Gasteiger partial charge in [0.2, 0.25) is 0 Å². The minimum atomic E-state index is 0.432. The maximum absolute atomic E-state index is 5.72. The van der Waals surface area contributed by atoms with Crippen LogP contribution in [0.5, 0.6) is 0 Å². The Kier molecular flexibility index (Phi) is 5.67. The fourth-order valence-electron chi connectivity index (χ4n) is 2.75. The molecule has 1 heterocycles. The smallest absolute Gasteiger partial charge is 0.0477 e. The van der Waals surface area contributed by atoms with Gasteiger partial charge < -0.3 is 5.73 Å². The Morgan fingerprint density at radius 1 is 1.05 bits per heavy atom. The van der Waals surface area contributed by atoms with E-state index in [4.69, 9.17) is 5.73 Å².